The summed E-state index contributed by atoms with van der Waals surface area (Å²) in [5.41, 5.74) is 1.74. The highest BCUT2D eigenvalue weighted by Crippen LogP contribution is 2.33. The van der Waals surface area contributed by atoms with E-state index in [2.05, 4.69) is 10.7 Å². The summed E-state index contributed by atoms with van der Waals surface area (Å²) in [7, 11) is 0. The summed E-state index contributed by atoms with van der Waals surface area (Å²) < 4.78 is 0. The second-order valence-corrected chi connectivity index (χ2v) is 6.60. The van der Waals surface area contributed by atoms with Gasteiger partial charge in [0.2, 0.25) is 5.91 Å². The van der Waals surface area contributed by atoms with E-state index in [1.807, 2.05) is 0 Å². The maximum Gasteiger partial charge on any atom is 0.344 e. The van der Waals surface area contributed by atoms with Gasteiger partial charge >= 0.3 is 6.03 Å². The Labute approximate surface area is 124 Å². The van der Waals surface area contributed by atoms with Gasteiger partial charge in [0.25, 0.3) is 5.91 Å². The van der Waals surface area contributed by atoms with Gasteiger partial charge < -0.3 is 5.32 Å². The average molecular weight is 293 g/mol. The van der Waals surface area contributed by atoms with Crippen molar-refractivity contribution in [3.63, 3.8) is 0 Å². The minimum absolute atomic E-state index is 0.224. The molecule has 0 bridgehead atoms. The van der Waals surface area contributed by atoms with Crippen LogP contribution in [0.1, 0.15) is 64.2 Å². The van der Waals surface area contributed by atoms with Gasteiger partial charge in [-0.1, -0.05) is 32.1 Å². The molecule has 2 saturated carbocycles. The fourth-order valence-corrected chi connectivity index (χ4v) is 3.86. The Bertz CT molecular complexity index is 451. The normalized spacial score (nSPS) is 25.4. The van der Waals surface area contributed by atoms with Gasteiger partial charge in [-0.15, -0.1) is 0 Å². The van der Waals surface area contributed by atoms with Gasteiger partial charge in [-0.05, 0) is 31.6 Å². The molecule has 1 heterocycles. The van der Waals surface area contributed by atoms with E-state index in [4.69, 9.17) is 0 Å². The van der Waals surface area contributed by atoms with Gasteiger partial charge in [-0.3, -0.25) is 15.0 Å². The Morgan fingerprint density at radius 3 is 2.48 bits per heavy atom. The number of hydrogen-bond donors (Lipinski definition) is 2. The Kier molecular flexibility index (Phi) is 3.87. The van der Waals surface area contributed by atoms with E-state index in [-0.39, 0.29) is 11.8 Å². The zero-order valence-electron chi connectivity index (χ0n) is 12.3. The number of hydrogen-bond acceptors (Lipinski definition) is 3. The molecule has 0 atom stereocenters. The maximum atomic E-state index is 12.5. The van der Waals surface area contributed by atoms with Crippen molar-refractivity contribution in [1.29, 1.82) is 0 Å². The van der Waals surface area contributed by atoms with Gasteiger partial charge in [0, 0.05) is 6.42 Å². The molecular formula is C15H23N3O3. The number of amides is 4. The highest BCUT2D eigenvalue weighted by Gasteiger charge is 2.52. The Morgan fingerprint density at radius 1 is 1.14 bits per heavy atom. The second kappa shape index (κ2) is 5.66. The van der Waals surface area contributed by atoms with Crippen LogP contribution in [0.4, 0.5) is 4.79 Å². The molecule has 3 rings (SSSR count). The fraction of sp³-hybridized carbons (Fsp3) is 0.800. The molecule has 1 spiro atoms. The smallest absolute Gasteiger partial charge is 0.322 e. The molecule has 2 aliphatic carbocycles. The third kappa shape index (κ3) is 2.76. The van der Waals surface area contributed by atoms with E-state index in [9.17, 15) is 14.4 Å². The number of nitrogens with one attached hydrogen (secondary N) is 2. The molecule has 1 aliphatic heterocycles. The van der Waals surface area contributed by atoms with Gasteiger partial charge in [0.15, 0.2) is 0 Å². The standard InChI is InChI=1S/C15H23N3O3/c19-12(10-11-6-2-3-7-11)17-18-13(20)15(16-14(18)21)8-4-1-5-9-15/h11H,1-10H2,(H,16,21)(H,17,19). The highest BCUT2D eigenvalue weighted by molar-refractivity contribution is 6.08. The summed E-state index contributed by atoms with van der Waals surface area (Å²) in [6.45, 7) is 0. The first-order valence-corrected chi connectivity index (χ1v) is 8.07. The van der Waals surface area contributed by atoms with Crippen LogP contribution in [-0.4, -0.2) is 28.4 Å². The molecule has 0 aromatic heterocycles. The van der Waals surface area contributed by atoms with E-state index in [0.717, 1.165) is 37.1 Å². The summed E-state index contributed by atoms with van der Waals surface area (Å²) in [5.74, 6) is -0.111. The van der Waals surface area contributed by atoms with Gasteiger partial charge in [0.05, 0.1) is 0 Å². The number of imide groups is 1. The van der Waals surface area contributed by atoms with Crippen molar-refractivity contribution < 1.29 is 14.4 Å². The molecule has 1 saturated heterocycles. The maximum absolute atomic E-state index is 12.5. The number of rotatable bonds is 3. The van der Waals surface area contributed by atoms with Crippen molar-refractivity contribution in [2.24, 2.45) is 5.92 Å². The molecule has 3 fully saturated rings. The fourth-order valence-electron chi connectivity index (χ4n) is 3.86. The number of urea groups is 1. The Morgan fingerprint density at radius 2 is 1.81 bits per heavy atom. The number of carbonyl (C=O) groups excluding carboxylic acids is 3. The van der Waals surface area contributed by atoms with Crippen molar-refractivity contribution in [3.8, 4) is 0 Å². The molecule has 0 aromatic rings. The number of nitrogens with zero attached hydrogens (tertiary/aromatic N) is 1. The van der Waals surface area contributed by atoms with Crippen LogP contribution in [0.2, 0.25) is 0 Å². The van der Waals surface area contributed by atoms with Crippen LogP contribution in [0.15, 0.2) is 0 Å². The minimum Gasteiger partial charge on any atom is -0.322 e. The van der Waals surface area contributed by atoms with Crippen LogP contribution < -0.4 is 10.7 Å². The minimum atomic E-state index is -0.768. The monoisotopic (exact) mass is 293 g/mol. The van der Waals surface area contributed by atoms with Crippen molar-refractivity contribution in [2.45, 2.75) is 69.7 Å². The van der Waals surface area contributed by atoms with Crippen molar-refractivity contribution in [1.82, 2.24) is 15.8 Å². The summed E-state index contributed by atoms with van der Waals surface area (Å²) in [6, 6.07) is -0.485. The van der Waals surface area contributed by atoms with Crippen LogP contribution in [0.5, 0.6) is 0 Å². The van der Waals surface area contributed by atoms with E-state index in [1.54, 1.807) is 0 Å². The molecule has 21 heavy (non-hydrogen) atoms. The molecule has 0 unspecified atom stereocenters. The van der Waals surface area contributed by atoms with Crippen molar-refractivity contribution >= 4 is 17.8 Å². The van der Waals surface area contributed by atoms with Crippen LogP contribution >= 0.6 is 0 Å². The van der Waals surface area contributed by atoms with E-state index in [1.165, 1.54) is 12.8 Å². The molecular weight excluding hydrogens is 270 g/mol. The predicted molar refractivity (Wildman–Crippen MR) is 75.9 cm³/mol. The lowest BCUT2D eigenvalue weighted by Gasteiger charge is -2.30. The molecule has 6 heteroatoms. The average Bonchev–Trinajstić information content (AvgIpc) is 3.04. The van der Waals surface area contributed by atoms with Crippen LogP contribution in [0.3, 0.4) is 0 Å². The van der Waals surface area contributed by atoms with E-state index in [0.29, 0.717) is 25.2 Å². The number of hydrazine groups is 1. The second-order valence-electron chi connectivity index (χ2n) is 6.60. The summed E-state index contributed by atoms with van der Waals surface area (Å²) in [6.07, 6.45) is 9.21. The highest BCUT2D eigenvalue weighted by atomic mass is 16.2. The first kappa shape index (κ1) is 14.4. The molecule has 6 nitrogen and oxygen atoms in total. The lowest BCUT2D eigenvalue weighted by molar-refractivity contribution is -0.140. The van der Waals surface area contributed by atoms with Crippen molar-refractivity contribution in [2.75, 3.05) is 0 Å². The Balaban J connectivity index is 1.61. The van der Waals surface area contributed by atoms with E-state index < -0.39 is 11.6 Å². The molecule has 0 radical (unpaired) electrons. The van der Waals surface area contributed by atoms with Crippen LogP contribution in [0.25, 0.3) is 0 Å². The lowest BCUT2D eigenvalue weighted by atomic mass is 9.82. The lowest BCUT2D eigenvalue weighted by Crippen LogP contribution is -2.51. The summed E-state index contributed by atoms with van der Waals surface area (Å²) >= 11 is 0. The Hall–Kier alpha value is -1.59. The number of carbonyl (C=O) groups is 3. The summed E-state index contributed by atoms with van der Waals surface area (Å²) in [5, 5.41) is 3.70. The third-order valence-electron chi connectivity index (χ3n) is 5.05. The predicted octanol–water partition coefficient (Wildman–Crippen LogP) is 1.85. The van der Waals surface area contributed by atoms with Gasteiger partial charge in [-0.2, -0.15) is 5.01 Å². The third-order valence-corrected chi connectivity index (χ3v) is 5.05. The largest absolute Gasteiger partial charge is 0.344 e. The van der Waals surface area contributed by atoms with E-state index >= 15 is 0 Å². The van der Waals surface area contributed by atoms with Crippen LogP contribution in [-0.2, 0) is 9.59 Å². The first-order valence-electron chi connectivity index (χ1n) is 8.07. The first-order chi connectivity index (χ1) is 10.1. The summed E-state index contributed by atoms with van der Waals surface area (Å²) in [4.78, 5) is 36.5. The quantitative estimate of drug-likeness (QED) is 0.779. The van der Waals surface area contributed by atoms with Gasteiger partial charge in [-0.25, -0.2) is 4.79 Å². The SMILES string of the molecule is O=C(CC1CCCC1)NN1C(=O)NC2(CCCCC2)C1=O. The topological polar surface area (TPSA) is 78.5 Å². The molecule has 4 amide bonds. The molecule has 3 aliphatic rings. The zero-order chi connectivity index (χ0) is 14.9. The molecule has 0 aromatic carbocycles. The van der Waals surface area contributed by atoms with Gasteiger partial charge in [0.1, 0.15) is 5.54 Å². The van der Waals surface area contributed by atoms with Crippen LogP contribution in [0, 0.1) is 5.92 Å². The van der Waals surface area contributed by atoms with Crippen molar-refractivity contribution in [3.05, 3.63) is 0 Å². The molecule has 116 valence electrons. The zero-order valence-corrected chi connectivity index (χ0v) is 12.3. The molecule has 2 N–H and O–H groups in total.